The van der Waals surface area contributed by atoms with Crippen LogP contribution < -0.4 is 4.18 Å². The minimum atomic E-state index is -5.99. The first-order chi connectivity index (χ1) is 11.0. The van der Waals surface area contributed by atoms with E-state index in [9.17, 15) is 31.2 Å². The van der Waals surface area contributed by atoms with Gasteiger partial charge in [0.15, 0.2) is 5.75 Å². The molecule has 0 bridgehead atoms. The monoisotopic (exact) mass is 370 g/mol. The van der Waals surface area contributed by atoms with Gasteiger partial charge in [-0.15, -0.1) is 0 Å². The summed E-state index contributed by atoms with van der Waals surface area (Å²) in [6, 6.07) is 2.53. The molecule has 0 aromatic heterocycles. The third-order valence-electron chi connectivity index (χ3n) is 2.47. The van der Waals surface area contributed by atoms with Crippen LogP contribution in [0.4, 0.5) is 13.2 Å². The minimum Gasteiger partial charge on any atom is -0.462 e. The van der Waals surface area contributed by atoms with Crippen LogP contribution in [0, 0.1) is 0 Å². The number of alkyl halides is 3. The SMILES string of the molecule is CCOC(=O)c1ccc(OS(=O)(=O)C(F)(F)F)c(C(=O)OCC)c1. The number of esters is 2. The molecule has 1 rings (SSSR count). The molecule has 11 heteroatoms. The Kier molecular flexibility index (Phi) is 6.18. The number of rotatable bonds is 6. The summed E-state index contributed by atoms with van der Waals surface area (Å²) in [6.07, 6.45) is 0. The molecule has 0 N–H and O–H groups in total. The zero-order valence-electron chi connectivity index (χ0n) is 12.5. The van der Waals surface area contributed by atoms with Crippen LogP contribution in [0.5, 0.6) is 5.75 Å². The number of ether oxygens (including phenoxy) is 2. The summed E-state index contributed by atoms with van der Waals surface area (Å²) in [4.78, 5) is 23.4. The standard InChI is InChI=1S/C13H13F3O7S/c1-3-21-11(17)8-5-6-10(9(7-8)12(18)22-4-2)23-24(19,20)13(14,15)16/h5-7H,3-4H2,1-2H3. The Morgan fingerprint density at radius 1 is 1.04 bits per heavy atom. The van der Waals surface area contributed by atoms with Crippen molar-refractivity contribution in [3.63, 3.8) is 0 Å². The first-order valence-electron chi connectivity index (χ1n) is 6.52. The number of carbonyl (C=O) groups excluding carboxylic acids is 2. The highest BCUT2D eigenvalue weighted by atomic mass is 32.2. The lowest BCUT2D eigenvalue weighted by Gasteiger charge is -2.13. The van der Waals surface area contributed by atoms with E-state index in [0.717, 1.165) is 18.2 Å². The minimum absolute atomic E-state index is 0.0221. The lowest BCUT2D eigenvalue weighted by molar-refractivity contribution is -0.0500. The van der Waals surface area contributed by atoms with Crippen molar-refractivity contribution in [1.82, 2.24) is 0 Å². The van der Waals surface area contributed by atoms with Crippen LogP contribution in [0.2, 0.25) is 0 Å². The lowest BCUT2D eigenvalue weighted by Crippen LogP contribution is -2.28. The highest BCUT2D eigenvalue weighted by Crippen LogP contribution is 2.30. The maximum Gasteiger partial charge on any atom is 0.534 e. The van der Waals surface area contributed by atoms with Crippen molar-refractivity contribution < 1.29 is 44.8 Å². The predicted octanol–water partition coefficient (Wildman–Crippen LogP) is 2.27. The second-order valence-electron chi connectivity index (χ2n) is 4.14. The molecule has 0 aliphatic heterocycles. The molecule has 0 atom stereocenters. The van der Waals surface area contributed by atoms with Gasteiger partial charge in [-0.1, -0.05) is 0 Å². The maximum absolute atomic E-state index is 12.4. The summed E-state index contributed by atoms with van der Waals surface area (Å²) >= 11 is 0. The van der Waals surface area contributed by atoms with Gasteiger partial charge in [0.25, 0.3) is 0 Å². The fraction of sp³-hybridized carbons (Fsp3) is 0.385. The van der Waals surface area contributed by atoms with E-state index in [1.54, 1.807) is 0 Å². The van der Waals surface area contributed by atoms with Gasteiger partial charge in [-0.2, -0.15) is 21.6 Å². The topological polar surface area (TPSA) is 96.0 Å². The van der Waals surface area contributed by atoms with Gasteiger partial charge in [-0.05, 0) is 32.0 Å². The molecule has 0 spiro atoms. The lowest BCUT2D eigenvalue weighted by atomic mass is 10.1. The van der Waals surface area contributed by atoms with Crippen molar-refractivity contribution in [2.24, 2.45) is 0 Å². The molecule has 0 saturated carbocycles. The van der Waals surface area contributed by atoms with Crippen molar-refractivity contribution in [2.45, 2.75) is 19.4 Å². The van der Waals surface area contributed by atoms with Gasteiger partial charge in [0.2, 0.25) is 0 Å². The average Bonchev–Trinajstić information content (AvgIpc) is 2.46. The molecule has 0 aliphatic carbocycles. The largest absolute Gasteiger partial charge is 0.534 e. The van der Waals surface area contributed by atoms with Crippen molar-refractivity contribution in [3.05, 3.63) is 29.3 Å². The van der Waals surface area contributed by atoms with Crippen molar-refractivity contribution in [3.8, 4) is 5.75 Å². The molecule has 24 heavy (non-hydrogen) atoms. The van der Waals surface area contributed by atoms with Gasteiger partial charge in [0.1, 0.15) is 5.56 Å². The highest BCUT2D eigenvalue weighted by Gasteiger charge is 2.49. The molecular formula is C13H13F3O7S. The van der Waals surface area contributed by atoms with E-state index in [0.29, 0.717) is 0 Å². The third kappa shape index (κ3) is 4.60. The van der Waals surface area contributed by atoms with Crippen LogP contribution in [0.1, 0.15) is 34.6 Å². The fourth-order valence-corrected chi connectivity index (χ4v) is 1.95. The molecule has 134 valence electrons. The molecule has 0 radical (unpaired) electrons. The van der Waals surface area contributed by atoms with E-state index in [4.69, 9.17) is 0 Å². The number of hydrogen-bond donors (Lipinski definition) is 0. The van der Waals surface area contributed by atoms with Gasteiger partial charge < -0.3 is 13.7 Å². The van der Waals surface area contributed by atoms with E-state index in [-0.39, 0.29) is 18.8 Å². The molecule has 0 saturated heterocycles. The molecule has 0 heterocycles. The molecule has 1 aromatic rings. The third-order valence-corrected chi connectivity index (χ3v) is 3.43. The summed E-state index contributed by atoms with van der Waals surface area (Å²) in [6.45, 7) is 2.85. The molecule has 0 amide bonds. The number of benzene rings is 1. The van der Waals surface area contributed by atoms with Crippen LogP contribution in [-0.4, -0.2) is 39.1 Å². The summed E-state index contributed by atoms with van der Waals surface area (Å²) in [7, 11) is -5.99. The Hall–Kier alpha value is -2.30. The quantitative estimate of drug-likeness (QED) is 0.430. The first-order valence-corrected chi connectivity index (χ1v) is 7.93. The van der Waals surface area contributed by atoms with Gasteiger partial charge >= 0.3 is 27.6 Å². The Balaban J connectivity index is 3.34. The predicted molar refractivity (Wildman–Crippen MR) is 74.0 cm³/mol. The molecule has 0 fully saturated rings. The summed E-state index contributed by atoms with van der Waals surface area (Å²) in [5.41, 5.74) is -6.52. The van der Waals surface area contributed by atoms with E-state index >= 15 is 0 Å². The summed E-state index contributed by atoms with van der Waals surface area (Å²) < 4.78 is 72.6. The molecular weight excluding hydrogens is 357 g/mol. The normalized spacial score (nSPS) is 11.7. The highest BCUT2D eigenvalue weighted by molar-refractivity contribution is 7.88. The average molecular weight is 370 g/mol. The van der Waals surface area contributed by atoms with Crippen molar-refractivity contribution >= 4 is 22.1 Å². The Bertz CT molecular complexity index is 726. The fourth-order valence-electron chi connectivity index (χ4n) is 1.48. The Morgan fingerprint density at radius 3 is 2.08 bits per heavy atom. The van der Waals surface area contributed by atoms with E-state index in [1.165, 1.54) is 13.8 Å². The number of carbonyl (C=O) groups is 2. The second-order valence-corrected chi connectivity index (χ2v) is 5.67. The first kappa shape index (κ1) is 19.7. The molecule has 0 aliphatic rings. The zero-order valence-corrected chi connectivity index (χ0v) is 13.4. The summed E-state index contributed by atoms with van der Waals surface area (Å²) in [5, 5.41) is 0. The van der Waals surface area contributed by atoms with Gasteiger partial charge in [-0.25, -0.2) is 9.59 Å². The van der Waals surface area contributed by atoms with E-state index in [2.05, 4.69) is 13.7 Å². The molecule has 1 aromatic carbocycles. The van der Waals surface area contributed by atoms with E-state index in [1.807, 2.05) is 0 Å². The molecule has 0 unspecified atom stereocenters. The van der Waals surface area contributed by atoms with Gasteiger partial charge in [-0.3, -0.25) is 0 Å². The van der Waals surface area contributed by atoms with Crippen LogP contribution in [-0.2, 0) is 19.6 Å². The Labute approximate surface area is 135 Å². The Morgan fingerprint density at radius 2 is 1.58 bits per heavy atom. The van der Waals surface area contributed by atoms with Gasteiger partial charge in [0.05, 0.1) is 18.8 Å². The van der Waals surface area contributed by atoms with Gasteiger partial charge in [0, 0.05) is 0 Å². The van der Waals surface area contributed by atoms with Crippen LogP contribution in [0.25, 0.3) is 0 Å². The van der Waals surface area contributed by atoms with Crippen LogP contribution >= 0.6 is 0 Å². The number of halogens is 3. The zero-order chi connectivity index (χ0) is 18.5. The molecule has 7 nitrogen and oxygen atoms in total. The summed E-state index contributed by atoms with van der Waals surface area (Å²) in [5.74, 6) is -2.93. The maximum atomic E-state index is 12.4. The second kappa shape index (κ2) is 7.51. The van der Waals surface area contributed by atoms with Crippen molar-refractivity contribution in [1.29, 1.82) is 0 Å². The van der Waals surface area contributed by atoms with Crippen LogP contribution in [0.15, 0.2) is 18.2 Å². The van der Waals surface area contributed by atoms with Crippen molar-refractivity contribution in [2.75, 3.05) is 13.2 Å². The van der Waals surface area contributed by atoms with Crippen LogP contribution in [0.3, 0.4) is 0 Å². The van der Waals surface area contributed by atoms with E-state index < -0.39 is 38.9 Å². The smallest absolute Gasteiger partial charge is 0.462 e. The number of hydrogen-bond acceptors (Lipinski definition) is 7.